The van der Waals surface area contributed by atoms with E-state index in [1.807, 2.05) is 13.0 Å². The lowest BCUT2D eigenvalue weighted by Gasteiger charge is -2.08. The van der Waals surface area contributed by atoms with E-state index in [2.05, 4.69) is 0 Å². The van der Waals surface area contributed by atoms with Crippen molar-refractivity contribution >= 4 is 11.8 Å². The quantitative estimate of drug-likeness (QED) is 0.575. The van der Waals surface area contributed by atoms with Gasteiger partial charge in [-0.3, -0.25) is 9.59 Å². The molecule has 4 nitrogen and oxygen atoms in total. The number of benzene rings is 1. The molecule has 0 amide bonds. The highest BCUT2D eigenvalue weighted by Crippen LogP contribution is 2.21. The largest absolute Gasteiger partial charge is 0.496 e. The molecule has 1 rings (SSSR count). The number of Topliss-reactive ketones (excluding diaryl/α,β-unsaturated/α-hetero) is 1. The third-order valence-electron chi connectivity index (χ3n) is 2.52. The van der Waals surface area contributed by atoms with Crippen LogP contribution in [0.15, 0.2) is 18.2 Å². The van der Waals surface area contributed by atoms with Crippen LogP contribution in [0, 0.1) is 6.92 Å². The number of aryl methyl sites for hydroxylation is 1. The number of rotatable bonds is 6. The highest BCUT2D eigenvalue weighted by Gasteiger charge is 2.14. The van der Waals surface area contributed by atoms with Crippen LogP contribution in [0.25, 0.3) is 0 Å². The molecule has 0 aliphatic carbocycles. The van der Waals surface area contributed by atoms with Crippen molar-refractivity contribution < 1.29 is 19.1 Å². The molecule has 0 saturated heterocycles. The van der Waals surface area contributed by atoms with E-state index < -0.39 is 0 Å². The monoisotopic (exact) mass is 250 g/mol. The van der Waals surface area contributed by atoms with Crippen LogP contribution in [-0.2, 0) is 9.53 Å². The molecule has 4 heteroatoms. The van der Waals surface area contributed by atoms with E-state index in [0.717, 1.165) is 5.56 Å². The van der Waals surface area contributed by atoms with Crippen LogP contribution in [0.3, 0.4) is 0 Å². The van der Waals surface area contributed by atoms with Crippen molar-refractivity contribution in [2.24, 2.45) is 0 Å². The van der Waals surface area contributed by atoms with Crippen LogP contribution in [0.4, 0.5) is 0 Å². The number of carbonyl (C=O) groups excluding carboxylic acids is 2. The van der Waals surface area contributed by atoms with Crippen LogP contribution in [0.2, 0.25) is 0 Å². The number of hydrogen-bond donors (Lipinski definition) is 0. The summed E-state index contributed by atoms with van der Waals surface area (Å²) in [5.41, 5.74) is 1.50. The van der Waals surface area contributed by atoms with E-state index in [1.165, 1.54) is 7.11 Å². The molecular weight excluding hydrogens is 232 g/mol. The van der Waals surface area contributed by atoms with Crippen molar-refractivity contribution in [1.82, 2.24) is 0 Å². The molecule has 0 fully saturated rings. The molecule has 1 aromatic rings. The van der Waals surface area contributed by atoms with Crippen molar-refractivity contribution in [2.45, 2.75) is 26.7 Å². The van der Waals surface area contributed by atoms with Gasteiger partial charge in [0, 0.05) is 6.42 Å². The van der Waals surface area contributed by atoms with Crippen LogP contribution in [-0.4, -0.2) is 25.5 Å². The van der Waals surface area contributed by atoms with E-state index in [-0.39, 0.29) is 24.6 Å². The van der Waals surface area contributed by atoms with Crippen LogP contribution in [0.5, 0.6) is 5.75 Å². The molecule has 98 valence electrons. The van der Waals surface area contributed by atoms with E-state index >= 15 is 0 Å². The van der Waals surface area contributed by atoms with E-state index in [1.54, 1.807) is 19.1 Å². The average Bonchev–Trinajstić information content (AvgIpc) is 2.36. The summed E-state index contributed by atoms with van der Waals surface area (Å²) in [5, 5.41) is 0. The zero-order valence-electron chi connectivity index (χ0n) is 11.0. The minimum atomic E-state index is -0.350. The van der Waals surface area contributed by atoms with Crippen molar-refractivity contribution in [3.63, 3.8) is 0 Å². The van der Waals surface area contributed by atoms with Crippen LogP contribution < -0.4 is 4.74 Å². The van der Waals surface area contributed by atoms with Gasteiger partial charge in [0.15, 0.2) is 5.78 Å². The minimum Gasteiger partial charge on any atom is -0.496 e. The fourth-order valence-corrected chi connectivity index (χ4v) is 1.62. The lowest BCUT2D eigenvalue weighted by molar-refractivity contribution is -0.143. The minimum absolute atomic E-state index is 0.101. The summed E-state index contributed by atoms with van der Waals surface area (Å²) in [5.74, 6) is 0.0792. The molecule has 0 heterocycles. The van der Waals surface area contributed by atoms with Gasteiger partial charge in [0.05, 0.1) is 25.7 Å². The molecule has 0 unspecified atom stereocenters. The number of ether oxygens (including phenoxy) is 2. The predicted molar refractivity (Wildman–Crippen MR) is 67.9 cm³/mol. The summed E-state index contributed by atoms with van der Waals surface area (Å²) in [6, 6.07) is 5.40. The second-order valence-electron chi connectivity index (χ2n) is 3.93. The van der Waals surface area contributed by atoms with Gasteiger partial charge in [0.1, 0.15) is 5.75 Å². The molecule has 0 aliphatic rings. The Morgan fingerprint density at radius 3 is 2.56 bits per heavy atom. The van der Waals surface area contributed by atoms with E-state index in [4.69, 9.17) is 9.47 Å². The Morgan fingerprint density at radius 2 is 1.94 bits per heavy atom. The van der Waals surface area contributed by atoms with Gasteiger partial charge >= 0.3 is 5.97 Å². The molecule has 0 N–H and O–H groups in total. The van der Waals surface area contributed by atoms with Crippen molar-refractivity contribution in [2.75, 3.05) is 13.7 Å². The summed E-state index contributed by atoms with van der Waals surface area (Å²) in [6.07, 6.45) is 0.239. The van der Waals surface area contributed by atoms with Gasteiger partial charge in [-0.25, -0.2) is 0 Å². The molecule has 18 heavy (non-hydrogen) atoms. The summed E-state index contributed by atoms with van der Waals surface area (Å²) < 4.78 is 9.92. The van der Waals surface area contributed by atoms with E-state index in [0.29, 0.717) is 17.9 Å². The predicted octanol–water partition coefficient (Wildman–Crippen LogP) is 2.53. The Bertz CT molecular complexity index is 437. The number of carbonyl (C=O) groups is 2. The summed E-state index contributed by atoms with van der Waals surface area (Å²) >= 11 is 0. The Morgan fingerprint density at radius 1 is 1.22 bits per heavy atom. The number of methoxy groups -OCH3 is 1. The van der Waals surface area contributed by atoms with E-state index in [9.17, 15) is 9.59 Å². The van der Waals surface area contributed by atoms with Gasteiger partial charge in [-0.05, 0) is 26.0 Å². The highest BCUT2D eigenvalue weighted by molar-refractivity contribution is 6.00. The summed E-state index contributed by atoms with van der Waals surface area (Å²) in [4.78, 5) is 23.2. The lowest BCUT2D eigenvalue weighted by atomic mass is 10.0. The zero-order valence-corrected chi connectivity index (χ0v) is 11.0. The Kier molecular flexibility index (Phi) is 5.36. The van der Waals surface area contributed by atoms with Crippen molar-refractivity contribution in [3.8, 4) is 5.75 Å². The number of ketones is 1. The fourth-order valence-electron chi connectivity index (χ4n) is 1.62. The molecule has 0 aliphatic heterocycles. The molecule has 0 saturated carbocycles. The first-order valence-electron chi connectivity index (χ1n) is 5.92. The van der Waals surface area contributed by atoms with Gasteiger partial charge in [-0.1, -0.05) is 11.6 Å². The fraction of sp³-hybridized carbons (Fsp3) is 0.429. The third kappa shape index (κ3) is 3.87. The number of hydrogen-bond acceptors (Lipinski definition) is 4. The maximum absolute atomic E-state index is 12.0. The van der Waals surface area contributed by atoms with Crippen LogP contribution >= 0.6 is 0 Å². The summed E-state index contributed by atoms with van der Waals surface area (Å²) in [6.45, 7) is 3.98. The summed E-state index contributed by atoms with van der Waals surface area (Å²) in [7, 11) is 1.52. The average molecular weight is 250 g/mol. The molecule has 0 radical (unpaired) electrons. The second kappa shape index (κ2) is 6.79. The first-order chi connectivity index (χ1) is 8.58. The van der Waals surface area contributed by atoms with Crippen molar-refractivity contribution in [3.05, 3.63) is 29.3 Å². The van der Waals surface area contributed by atoms with Gasteiger partial charge in [0.2, 0.25) is 0 Å². The molecule has 0 spiro atoms. The normalized spacial score (nSPS) is 9.94. The molecule has 1 aromatic carbocycles. The smallest absolute Gasteiger partial charge is 0.306 e. The van der Waals surface area contributed by atoms with Gasteiger partial charge in [-0.15, -0.1) is 0 Å². The molecule has 0 bridgehead atoms. The van der Waals surface area contributed by atoms with Gasteiger partial charge < -0.3 is 9.47 Å². The Hall–Kier alpha value is -1.84. The Balaban J connectivity index is 2.71. The number of esters is 1. The van der Waals surface area contributed by atoms with Gasteiger partial charge in [0.25, 0.3) is 0 Å². The Labute approximate surface area is 107 Å². The first-order valence-corrected chi connectivity index (χ1v) is 5.92. The highest BCUT2D eigenvalue weighted by atomic mass is 16.5. The van der Waals surface area contributed by atoms with Crippen molar-refractivity contribution in [1.29, 1.82) is 0 Å². The third-order valence-corrected chi connectivity index (χ3v) is 2.52. The molecule has 0 aromatic heterocycles. The SMILES string of the molecule is CCOC(=O)CCC(=O)c1cc(C)ccc1OC. The maximum atomic E-state index is 12.0. The first kappa shape index (κ1) is 14.2. The van der Waals surface area contributed by atoms with Gasteiger partial charge in [-0.2, -0.15) is 0 Å². The van der Waals surface area contributed by atoms with Crippen LogP contribution in [0.1, 0.15) is 35.7 Å². The maximum Gasteiger partial charge on any atom is 0.306 e. The molecule has 0 atom stereocenters. The topological polar surface area (TPSA) is 52.6 Å². The zero-order chi connectivity index (χ0) is 13.5. The standard InChI is InChI=1S/C14H18O4/c1-4-18-14(16)8-6-12(15)11-9-10(2)5-7-13(11)17-3/h5,7,9H,4,6,8H2,1-3H3. The lowest BCUT2D eigenvalue weighted by Crippen LogP contribution is -2.09. The second-order valence-corrected chi connectivity index (χ2v) is 3.93. The molecular formula is C14H18O4.